The van der Waals surface area contributed by atoms with E-state index in [1.807, 2.05) is 24.3 Å². The Kier molecular flexibility index (Phi) is 7.24. The zero-order valence-electron chi connectivity index (χ0n) is 11.6. The van der Waals surface area contributed by atoms with Crippen LogP contribution >= 0.6 is 0 Å². The van der Waals surface area contributed by atoms with Crippen molar-refractivity contribution in [2.75, 3.05) is 0 Å². The molecule has 0 saturated carbocycles. The summed E-state index contributed by atoms with van der Waals surface area (Å²) in [5.74, 6) is 0.850. The van der Waals surface area contributed by atoms with Crippen LogP contribution in [0.3, 0.4) is 0 Å². The Morgan fingerprint density at radius 3 is 2.56 bits per heavy atom. The Morgan fingerprint density at radius 2 is 1.89 bits per heavy atom. The molecule has 100 valence electrons. The lowest BCUT2D eigenvalue weighted by molar-refractivity contribution is 0.453. The fourth-order valence-electron chi connectivity index (χ4n) is 2.43. The molecule has 0 aliphatic carbocycles. The number of hydrogen-bond donors (Lipinski definition) is 1. The lowest BCUT2D eigenvalue weighted by Crippen LogP contribution is -1.98. The van der Waals surface area contributed by atoms with Gasteiger partial charge in [-0.2, -0.15) is 0 Å². The summed E-state index contributed by atoms with van der Waals surface area (Å²) in [5.41, 5.74) is 1.08. The number of aromatic hydroxyl groups is 1. The number of unbranched alkanes of at least 4 members (excludes halogenated alkanes) is 4. The minimum atomic E-state index is 0.422. The molecule has 0 spiro atoms. The minimum Gasteiger partial charge on any atom is -0.508 e. The molecule has 1 heteroatoms. The van der Waals surface area contributed by atoms with Crippen LogP contribution in [0.25, 0.3) is 0 Å². The largest absolute Gasteiger partial charge is 0.508 e. The van der Waals surface area contributed by atoms with Gasteiger partial charge in [-0.3, -0.25) is 0 Å². The Balaban J connectivity index is 2.49. The number of phenolic OH excluding ortho intramolecular Hbond substituents is 1. The van der Waals surface area contributed by atoms with Gasteiger partial charge in [0.2, 0.25) is 0 Å². The van der Waals surface area contributed by atoms with Crippen LogP contribution in [0.4, 0.5) is 0 Å². The normalized spacial score (nSPS) is 12.3. The third-order valence-electron chi connectivity index (χ3n) is 3.48. The monoisotopic (exact) mass is 246 g/mol. The average Bonchev–Trinajstić information content (AvgIpc) is 2.38. The van der Waals surface area contributed by atoms with Gasteiger partial charge in [-0.15, -0.1) is 6.58 Å². The van der Waals surface area contributed by atoms with Gasteiger partial charge < -0.3 is 5.11 Å². The smallest absolute Gasteiger partial charge is 0.119 e. The summed E-state index contributed by atoms with van der Waals surface area (Å²) in [6.45, 7) is 6.07. The van der Waals surface area contributed by atoms with Gasteiger partial charge in [0.15, 0.2) is 0 Å². The van der Waals surface area contributed by atoms with E-state index in [0.717, 1.165) is 18.4 Å². The van der Waals surface area contributed by atoms with E-state index in [0.29, 0.717) is 11.7 Å². The molecule has 0 radical (unpaired) electrons. The van der Waals surface area contributed by atoms with Crippen molar-refractivity contribution in [3.63, 3.8) is 0 Å². The van der Waals surface area contributed by atoms with Crippen molar-refractivity contribution in [1.29, 1.82) is 0 Å². The van der Waals surface area contributed by atoms with E-state index in [9.17, 15) is 5.11 Å². The van der Waals surface area contributed by atoms with Crippen molar-refractivity contribution in [1.82, 2.24) is 0 Å². The second-order valence-electron chi connectivity index (χ2n) is 4.98. The van der Waals surface area contributed by atoms with Crippen molar-refractivity contribution >= 4 is 0 Å². The number of rotatable bonds is 9. The predicted molar refractivity (Wildman–Crippen MR) is 79.0 cm³/mol. The quantitative estimate of drug-likeness (QED) is 0.456. The molecule has 1 N–H and O–H groups in total. The fraction of sp³-hybridized carbons (Fsp3) is 0.529. The maximum absolute atomic E-state index is 9.91. The van der Waals surface area contributed by atoms with Crippen LogP contribution in [-0.4, -0.2) is 5.11 Å². The average molecular weight is 246 g/mol. The minimum absolute atomic E-state index is 0.422. The molecule has 1 unspecified atom stereocenters. The molecule has 0 heterocycles. The highest BCUT2D eigenvalue weighted by Crippen LogP contribution is 2.32. The van der Waals surface area contributed by atoms with Gasteiger partial charge in [0.25, 0.3) is 0 Å². The SMILES string of the molecule is C=CCC(CCCCCCC)c1ccccc1O. The van der Waals surface area contributed by atoms with Gasteiger partial charge in [0, 0.05) is 0 Å². The molecule has 0 amide bonds. The standard InChI is InChI=1S/C17H26O/c1-3-5-6-7-8-12-15(11-4-2)16-13-9-10-14-17(16)18/h4,9-10,13-15,18H,2-3,5-8,11-12H2,1H3. The highest BCUT2D eigenvalue weighted by atomic mass is 16.3. The Morgan fingerprint density at radius 1 is 1.17 bits per heavy atom. The van der Waals surface area contributed by atoms with E-state index >= 15 is 0 Å². The van der Waals surface area contributed by atoms with Gasteiger partial charge in [-0.1, -0.05) is 63.3 Å². The van der Waals surface area contributed by atoms with E-state index in [4.69, 9.17) is 0 Å². The first-order chi connectivity index (χ1) is 8.79. The second kappa shape index (κ2) is 8.79. The van der Waals surface area contributed by atoms with E-state index in [-0.39, 0.29) is 0 Å². The first kappa shape index (κ1) is 14.8. The number of benzene rings is 1. The number of hydrogen-bond acceptors (Lipinski definition) is 1. The molecule has 0 aromatic heterocycles. The van der Waals surface area contributed by atoms with E-state index < -0.39 is 0 Å². The lowest BCUT2D eigenvalue weighted by atomic mass is 9.89. The van der Waals surface area contributed by atoms with Crippen LogP contribution in [-0.2, 0) is 0 Å². The third-order valence-corrected chi connectivity index (χ3v) is 3.48. The first-order valence-electron chi connectivity index (χ1n) is 7.18. The molecule has 1 aromatic carbocycles. The summed E-state index contributed by atoms with van der Waals surface area (Å²) in [6.07, 6.45) is 10.6. The zero-order chi connectivity index (χ0) is 13.2. The molecular weight excluding hydrogens is 220 g/mol. The summed E-state index contributed by atoms with van der Waals surface area (Å²) < 4.78 is 0. The van der Waals surface area contributed by atoms with E-state index in [1.165, 1.54) is 32.1 Å². The number of allylic oxidation sites excluding steroid dienone is 1. The van der Waals surface area contributed by atoms with Gasteiger partial charge in [0.05, 0.1) is 0 Å². The summed E-state index contributed by atoms with van der Waals surface area (Å²) in [4.78, 5) is 0. The van der Waals surface area contributed by atoms with Crippen LogP contribution in [0, 0.1) is 0 Å². The van der Waals surface area contributed by atoms with Gasteiger partial charge in [-0.25, -0.2) is 0 Å². The summed E-state index contributed by atoms with van der Waals surface area (Å²) in [6, 6.07) is 7.70. The topological polar surface area (TPSA) is 20.2 Å². The molecule has 0 saturated heterocycles. The summed E-state index contributed by atoms with van der Waals surface area (Å²) in [7, 11) is 0. The van der Waals surface area contributed by atoms with Crippen LogP contribution in [0.5, 0.6) is 5.75 Å². The molecule has 1 atom stereocenters. The van der Waals surface area contributed by atoms with Gasteiger partial charge in [0.1, 0.15) is 5.75 Å². The highest BCUT2D eigenvalue weighted by Gasteiger charge is 2.13. The molecule has 1 nitrogen and oxygen atoms in total. The van der Waals surface area contributed by atoms with Gasteiger partial charge >= 0.3 is 0 Å². The van der Waals surface area contributed by atoms with Crippen molar-refractivity contribution in [3.8, 4) is 5.75 Å². The Labute approximate surface area is 112 Å². The summed E-state index contributed by atoms with van der Waals surface area (Å²) >= 11 is 0. The molecule has 0 fully saturated rings. The maximum Gasteiger partial charge on any atom is 0.119 e. The number of para-hydroxylation sites is 1. The third kappa shape index (κ3) is 4.95. The molecule has 18 heavy (non-hydrogen) atoms. The van der Waals surface area contributed by atoms with Crippen LogP contribution in [0.1, 0.15) is 63.4 Å². The molecular formula is C17H26O. The molecule has 0 aliphatic rings. The van der Waals surface area contributed by atoms with E-state index in [2.05, 4.69) is 13.5 Å². The molecule has 1 aromatic rings. The Bertz CT molecular complexity index is 343. The van der Waals surface area contributed by atoms with Crippen LogP contribution in [0.2, 0.25) is 0 Å². The molecule has 1 rings (SSSR count). The lowest BCUT2D eigenvalue weighted by Gasteiger charge is -2.16. The predicted octanol–water partition coefficient (Wildman–Crippen LogP) is 5.41. The van der Waals surface area contributed by atoms with E-state index in [1.54, 1.807) is 6.07 Å². The molecule has 0 bridgehead atoms. The van der Waals surface area contributed by atoms with Crippen LogP contribution < -0.4 is 0 Å². The maximum atomic E-state index is 9.91. The first-order valence-corrected chi connectivity index (χ1v) is 7.18. The number of phenols is 1. The second-order valence-corrected chi connectivity index (χ2v) is 4.98. The van der Waals surface area contributed by atoms with Crippen molar-refractivity contribution < 1.29 is 5.11 Å². The van der Waals surface area contributed by atoms with Crippen molar-refractivity contribution in [2.24, 2.45) is 0 Å². The molecule has 0 aliphatic heterocycles. The fourth-order valence-corrected chi connectivity index (χ4v) is 2.43. The van der Waals surface area contributed by atoms with Crippen LogP contribution in [0.15, 0.2) is 36.9 Å². The van der Waals surface area contributed by atoms with Crippen molar-refractivity contribution in [3.05, 3.63) is 42.5 Å². The summed E-state index contributed by atoms with van der Waals surface area (Å²) in [5, 5.41) is 9.91. The Hall–Kier alpha value is -1.24. The highest BCUT2D eigenvalue weighted by molar-refractivity contribution is 5.35. The zero-order valence-corrected chi connectivity index (χ0v) is 11.6. The van der Waals surface area contributed by atoms with Gasteiger partial charge in [-0.05, 0) is 30.4 Å². The van der Waals surface area contributed by atoms with Crippen molar-refractivity contribution in [2.45, 2.75) is 57.8 Å².